The fraction of sp³-hybridized carbons (Fsp3) is 0.278. The summed E-state index contributed by atoms with van der Waals surface area (Å²) in [5.74, 6) is 3.11. The number of benzene rings is 1. The predicted octanol–water partition coefficient (Wildman–Crippen LogP) is 2.89. The summed E-state index contributed by atoms with van der Waals surface area (Å²) >= 11 is 0. The van der Waals surface area contributed by atoms with E-state index in [2.05, 4.69) is 10.9 Å². The van der Waals surface area contributed by atoms with E-state index in [1.54, 1.807) is 49.6 Å². The van der Waals surface area contributed by atoms with Crippen LogP contribution >= 0.6 is 0 Å². The van der Waals surface area contributed by atoms with Gasteiger partial charge in [-0.2, -0.15) is 0 Å². The Bertz CT molecular complexity index is 792. The molecule has 0 bridgehead atoms. The smallest absolute Gasteiger partial charge is 0.185 e. The van der Waals surface area contributed by atoms with Gasteiger partial charge in [-0.05, 0) is 49.2 Å². The Morgan fingerprint density at radius 2 is 1.96 bits per heavy atom. The molecule has 0 aliphatic rings. The summed E-state index contributed by atoms with van der Waals surface area (Å²) in [6.45, 7) is 1.68. The molecule has 4 nitrogen and oxygen atoms in total. The van der Waals surface area contributed by atoms with E-state index in [0.29, 0.717) is 12.2 Å². The van der Waals surface area contributed by atoms with Crippen molar-refractivity contribution < 1.29 is 13.2 Å². The predicted molar refractivity (Wildman–Crippen MR) is 90.0 cm³/mol. The molecule has 0 fully saturated rings. The van der Waals surface area contributed by atoms with E-state index in [4.69, 9.17) is 11.2 Å². The van der Waals surface area contributed by atoms with Gasteiger partial charge in [0.2, 0.25) is 0 Å². The summed E-state index contributed by atoms with van der Waals surface area (Å²) in [6, 6.07) is 10.00. The van der Waals surface area contributed by atoms with Crippen LogP contribution in [0.1, 0.15) is 18.9 Å². The molecule has 0 aliphatic carbocycles. The number of pyridine rings is 1. The van der Waals surface area contributed by atoms with Crippen molar-refractivity contribution in [1.82, 2.24) is 4.98 Å². The van der Waals surface area contributed by atoms with Crippen molar-refractivity contribution in [3.8, 4) is 18.1 Å². The van der Waals surface area contributed by atoms with E-state index >= 15 is 0 Å². The number of methoxy groups -OCH3 is 1. The van der Waals surface area contributed by atoms with Gasteiger partial charge < -0.3 is 4.74 Å². The lowest BCUT2D eigenvalue weighted by molar-refractivity contribution is 0.414. The molecule has 0 saturated heterocycles. The molecule has 0 N–H and O–H groups in total. The number of aromatic nitrogens is 1. The molecule has 0 radical (unpaired) electrons. The number of hydrogen-bond donors (Lipinski definition) is 0. The van der Waals surface area contributed by atoms with E-state index in [0.717, 1.165) is 5.56 Å². The lowest BCUT2D eigenvalue weighted by atomic mass is 9.98. The summed E-state index contributed by atoms with van der Waals surface area (Å²) in [6.07, 6.45) is 9.18. The van der Waals surface area contributed by atoms with Crippen molar-refractivity contribution >= 4 is 9.84 Å². The van der Waals surface area contributed by atoms with Gasteiger partial charge in [0.1, 0.15) is 5.75 Å². The molecule has 1 aromatic heterocycles. The summed E-state index contributed by atoms with van der Waals surface area (Å²) in [7, 11) is -2.08. The van der Waals surface area contributed by atoms with Gasteiger partial charge in [0, 0.05) is 18.8 Å². The van der Waals surface area contributed by atoms with Crippen molar-refractivity contribution in [2.75, 3.05) is 7.11 Å². The highest BCUT2D eigenvalue weighted by molar-refractivity contribution is 7.92. The SMILES string of the molecule is C#CCC(C)(Cc1cccnc1)S(=O)(=O)c1ccc(OC)cc1. The first-order valence-corrected chi connectivity index (χ1v) is 8.62. The monoisotopic (exact) mass is 329 g/mol. The van der Waals surface area contributed by atoms with Crippen LogP contribution in [0.4, 0.5) is 0 Å². The highest BCUT2D eigenvalue weighted by Crippen LogP contribution is 2.32. The minimum Gasteiger partial charge on any atom is -0.497 e. The van der Waals surface area contributed by atoms with Gasteiger partial charge in [-0.1, -0.05) is 6.07 Å². The van der Waals surface area contributed by atoms with Crippen LogP contribution in [0, 0.1) is 12.3 Å². The molecule has 1 aromatic carbocycles. The number of ether oxygens (including phenoxy) is 1. The van der Waals surface area contributed by atoms with Crippen molar-refractivity contribution in [3.63, 3.8) is 0 Å². The molecule has 5 heteroatoms. The van der Waals surface area contributed by atoms with Gasteiger partial charge in [-0.3, -0.25) is 4.98 Å². The highest BCUT2D eigenvalue weighted by Gasteiger charge is 2.39. The fourth-order valence-electron chi connectivity index (χ4n) is 2.44. The van der Waals surface area contributed by atoms with Crippen LogP contribution in [-0.2, 0) is 16.3 Å². The quantitative estimate of drug-likeness (QED) is 0.765. The van der Waals surface area contributed by atoms with E-state index in [-0.39, 0.29) is 11.3 Å². The Kier molecular flexibility index (Phi) is 5.07. The normalized spacial score (nSPS) is 13.8. The number of nitrogens with zero attached hydrogens (tertiary/aromatic N) is 1. The van der Waals surface area contributed by atoms with Gasteiger partial charge in [0.15, 0.2) is 9.84 Å². The maximum absolute atomic E-state index is 13.1. The third-order valence-electron chi connectivity index (χ3n) is 3.80. The first kappa shape index (κ1) is 17.0. The number of rotatable bonds is 6. The van der Waals surface area contributed by atoms with Crippen LogP contribution in [-0.4, -0.2) is 25.3 Å². The van der Waals surface area contributed by atoms with Crippen LogP contribution in [0.5, 0.6) is 5.75 Å². The average Bonchev–Trinajstić information content (AvgIpc) is 2.56. The minimum absolute atomic E-state index is 0.121. The third kappa shape index (κ3) is 3.54. The Labute approximate surface area is 137 Å². The first-order chi connectivity index (χ1) is 10.9. The van der Waals surface area contributed by atoms with Gasteiger partial charge >= 0.3 is 0 Å². The van der Waals surface area contributed by atoms with Crippen molar-refractivity contribution in [2.24, 2.45) is 0 Å². The van der Waals surface area contributed by atoms with E-state index in [1.165, 1.54) is 7.11 Å². The Hall–Kier alpha value is -2.32. The van der Waals surface area contributed by atoms with Crippen molar-refractivity contribution in [1.29, 1.82) is 0 Å². The molecule has 120 valence electrons. The third-order valence-corrected chi connectivity index (χ3v) is 6.27. The lowest BCUT2D eigenvalue weighted by Crippen LogP contribution is -2.37. The molecule has 0 spiro atoms. The summed E-state index contributed by atoms with van der Waals surface area (Å²) in [5, 5.41) is 0. The minimum atomic E-state index is -3.61. The van der Waals surface area contributed by atoms with Crippen molar-refractivity contribution in [2.45, 2.75) is 29.4 Å². The second kappa shape index (κ2) is 6.84. The van der Waals surface area contributed by atoms with E-state index in [1.807, 2.05) is 6.07 Å². The zero-order valence-electron chi connectivity index (χ0n) is 13.2. The zero-order valence-corrected chi connectivity index (χ0v) is 14.0. The largest absolute Gasteiger partial charge is 0.497 e. The van der Waals surface area contributed by atoms with Crippen LogP contribution < -0.4 is 4.74 Å². The molecule has 0 saturated carbocycles. The molecule has 23 heavy (non-hydrogen) atoms. The van der Waals surface area contributed by atoms with Crippen LogP contribution in [0.15, 0.2) is 53.7 Å². The van der Waals surface area contributed by atoms with Gasteiger partial charge in [0.05, 0.1) is 16.8 Å². The van der Waals surface area contributed by atoms with Gasteiger partial charge in [-0.15, -0.1) is 12.3 Å². The summed E-state index contributed by atoms with van der Waals surface area (Å²) < 4.78 is 30.2. The van der Waals surface area contributed by atoms with Crippen LogP contribution in [0.25, 0.3) is 0 Å². The van der Waals surface area contributed by atoms with Crippen molar-refractivity contribution in [3.05, 3.63) is 54.4 Å². The Balaban J connectivity index is 2.43. The molecule has 2 aromatic rings. The van der Waals surface area contributed by atoms with Crippen LogP contribution in [0.3, 0.4) is 0 Å². The molecule has 1 heterocycles. The topological polar surface area (TPSA) is 56.3 Å². The maximum atomic E-state index is 13.1. The maximum Gasteiger partial charge on any atom is 0.185 e. The standard InChI is InChI=1S/C18H19NO3S/c1-4-11-18(2,13-15-6-5-12-19-14-15)23(20,21)17-9-7-16(22-3)8-10-17/h1,5-10,12,14H,11,13H2,2-3H3. The molecule has 2 rings (SSSR count). The van der Waals surface area contributed by atoms with E-state index < -0.39 is 14.6 Å². The molecular weight excluding hydrogens is 310 g/mol. The fourth-order valence-corrected chi connectivity index (χ4v) is 4.14. The Morgan fingerprint density at radius 1 is 1.26 bits per heavy atom. The summed E-state index contributed by atoms with van der Waals surface area (Å²) in [5.41, 5.74) is 0.835. The Morgan fingerprint density at radius 3 is 2.48 bits per heavy atom. The second-order valence-corrected chi connectivity index (χ2v) is 8.01. The molecule has 1 atom stereocenters. The number of sulfone groups is 1. The zero-order chi connectivity index (χ0) is 16.9. The molecule has 0 amide bonds. The number of terminal acetylenes is 1. The lowest BCUT2D eigenvalue weighted by Gasteiger charge is -2.27. The highest BCUT2D eigenvalue weighted by atomic mass is 32.2. The first-order valence-electron chi connectivity index (χ1n) is 7.14. The molecule has 1 unspecified atom stereocenters. The molecule has 0 aliphatic heterocycles. The van der Waals surface area contributed by atoms with Gasteiger partial charge in [0.25, 0.3) is 0 Å². The number of hydrogen-bond acceptors (Lipinski definition) is 4. The average molecular weight is 329 g/mol. The molecular formula is C18H19NO3S. The summed E-state index contributed by atoms with van der Waals surface area (Å²) in [4.78, 5) is 4.28. The van der Waals surface area contributed by atoms with Gasteiger partial charge in [-0.25, -0.2) is 8.42 Å². The second-order valence-electron chi connectivity index (χ2n) is 5.55. The van der Waals surface area contributed by atoms with E-state index in [9.17, 15) is 8.42 Å². The van der Waals surface area contributed by atoms with Crippen LogP contribution in [0.2, 0.25) is 0 Å².